The summed E-state index contributed by atoms with van der Waals surface area (Å²) in [7, 11) is -3.54. The number of thiophene rings is 1. The van der Waals surface area contributed by atoms with Crippen LogP contribution in [0.15, 0.2) is 45.1 Å². The molecular formula is C13H15BrN2O2S2. The van der Waals surface area contributed by atoms with Gasteiger partial charge in [-0.2, -0.15) is 0 Å². The van der Waals surface area contributed by atoms with E-state index in [1.54, 1.807) is 29.6 Å². The van der Waals surface area contributed by atoms with Crippen LogP contribution in [0.5, 0.6) is 0 Å². The molecule has 0 amide bonds. The number of hydrogen-bond donors (Lipinski definition) is 2. The van der Waals surface area contributed by atoms with Crippen LogP contribution in [0.4, 0.5) is 5.69 Å². The average molecular weight is 375 g/mol. The van der Waals surface area contributed by atoms with E-state index in [0.717, 1.165) is 11.4 Å². The quantitative estimate of drug-likeness (QED) is 0.814. The molecule has 2 N–H and O–H groups in total. The summed E-state index contributed by atoms with van der Waals surface area (Å²) in [6, 6.07) is 8.83. The molecule has 0 saturated heterocycles. The van der Waals surface area contributed by atoms with Gasteiger partial charge in [-0.1, -0.05) is 19.1 Å². The van der Waals surface area contributed by atoms with Crippen molar-refractivity contribution in [3.05, 3.63) is 45.1 Å². The van der Waals surface area contributed by atoms with E-state index in [2.05, 4.69) is 26.0 Å². The summed E-state index contributed by atoms with van der Waals surface area (Å²) in [6.45, 7) is 3.56. The van der Waals surface area contributed by atoms with E-state index in [1.807, 2.05) is 13.0 Å². The predicted molar refractivity (Wildman–Crippen MR) is 86.7 cm³/mol. The summed E-state index contributed by atoms with van der Waals surface area (Å²) < 4.78 is 27.9. The lowest BCUT2D eigenvalue weighted by Gasteiger charge is -2.08. The smallest absolute Gasteiger partial charge is 0.262 e. The largest absolute Gasteiger partial charge is 0.312 e. The summed E-state index contributed by atoms with van der Waals surface area (Å²) in [5.74, 6) is 0. The summed E-state index contributed by atoms with van der Waals surface area (Å²) in [6.07, 6.45) is 0. The number of nitrogens with one attached hydrogen (secondary N) is 2. The number of hydrogen-bond acceptors (Lipinski definition) is 4. The van der Waals surface area contributed by atoms with Crippen LogP contribution in [-0.2, 0) is 16.6 Å². The zero-order valence-electron chi connectivity index (χ0n) is 10.9. The van der Waals surface area contributed by atoms with E-state index >= 15 is 0 Å². The lowest BCUT2D eigenvalue weighted by Crippen LogP contribution is -2.13. The van der Waals surface area contributed by atoms with Crippen molar-refractivity contribution >= 4 is 43.0 Å². The fraction of sp³-hybridized carbons (Fsp3) is 0.231. The molecular weight excluding hydrogens is 360 g/mol. The molecule has 1 heterocycles. The third kappa shape index (κ3) is 3.82. The Labute approximate surface area is 131 Å². The van der Waals surface area contributed by atoms with Crippen molar-refractivity contribution in [2.75, 3.05) is 11.3 Å². The first kappa shape index (κ1) is 15.5. The molecule has 0 unspecified atom stereocenters. The highest BCUT2D eigenvalue weighted by atomic mass is 79.9. The van der Waals surface area contributed by atoms with Crippen LogP contribution in [-0.4, -0.2) is 15.0 Å². The predicted octanol–water partition coefficient (Wildman–Crippen LogP) is 3.42. The molecule has 4 nitrogen and oxygen atoms in total. The molecule has 1 aromatic heterocycles. The SMILES string of the molecule is CCNCc1cc(S(=O)(=O)Nc2ccccc2Br)cs1. The van der Waals surface area contributed by atoms with Crippen LogP contribution in [0.1, 0.15) is 11.8 Å². The summed E-state index contributed by atoms with van der Waals surface area (Å²) in [5.41, 5.74) is 0.534. The molecule has 2 rings (SSSR count). The Morgan fingerprint density at radius 2 is 2.05 bits per heavy atom. The van der Waals surface area contributed by atoms with Gasteiger partial charge in [0.1, 0.15) is 0 Å². The molecule has 0 radical (unpaired) electrons. The summed E-state index contributed by atoms with van der Waals surface area (Å²) in [4.78, 5) is 1.30. The van der Waals surface area contributed by atoms with Gasteiger partial charge in [0.05, 0.1) is 10.6 Å². The van der Waals surface area contributed by atoms with E-state index in [-0.39, 0.29) is 0 Å². The lowest BCUT2D eigenvalue weighted by atomic mass is 10.3. The highest BCUT2D eigenvalue weighted by Gasteiger charge is 2.17. The summed E-state index contributed by atoms with van der Waals surface area (Å²) >= 11 is 4.76. The minimum Gasteiger partial charge on any atom is -0.312 e. The first-order valence-electron chi connectivity index (χ1n) is 6.08. The first-order valence-corrected chi connectivity index (χ1v) is 9.24. The second-order valence-corrected chi connectivity index (χ2v) is 7.65. The molecule has 20 heavy (non-hydrogen) atoms. The fourth-order valence-corrected chi connectivity index (χ4v) is 4.43. The zero-order valence-corrected chi connectivity index (χ0v) is 14.1. The fourth-order valence-electron chi connectivity index (χ4n) is 1.59. The van der Waals surface area contributed by atoms with Gasteiger partial charge in [0.2, 0.25) is 0 Å². The van der Waals surface area contributed by atoms with Crippen LogP contribution in [0.25, 0.3) is 0 Å². The number of halogens is 1. The molecule has 1 aromatic carbocycles. The van der Waals surface area contributed by atoms with Crippen LogP contribution < -0.4 is 10.0 Å². The Hall–Kier alpha value is -0.890. The first-order chi connectivity index (χ1) is 9.53. The molecule has 7 heteroatoms. The normalized spacial score (nSPS) is 11.5. The third-order valence-corrected chi connectivity index (χ3v) is 5.73. The Kier molecular flexibility index (Phi) is 5.20. The van der Waals surface area contributed by atoms with Crippen molar-refractivity contribution in [1.82, 2.24) is 5.32 Å². The van der Waals surface area contributed by atoms with E-state index in [1.165, 1.54) is 11.3 Å². The van der Waals surface area contributed by atoms with Gasteiger partial charge >= 0.3 is 0 Å². The van der Waals surface area contributed by atoms with Gasteiger partial charge in [0, 0.05) is 21.3 Å². The molecule has 0 aliphatic rings. The van der Waals surface area contributed by atoms with E-state index in [0.29, 0.717) is 21.6 Å². The van der Waals surface area contributed by atoms with Crippen LogP contribution in [0.3, 0.4) is 0 Å². The monoisotopic (exact) mass is 374 g/mol. The number of para-hydroxylation sites is 1. The van der Waals surface area contributed by atoms with Crippen molar-refractivity contribution in [2.24, 2.45) is 0 Å². The molecule has 0 aliphatic heterocycles. The average Bonchev–Trinajstić information content (AvgIpc) is 2.88. The van der Waals surface area contributed by atoms with Gasteiger partial charge in [-0.05, 0) is 40.7 Å². The number of anilines is 1. The van der Waals surface area contributed by atoms with E-state index < -0.39 is 10.0 Å². The maximum absolute atomic E-state index is 12.3. The van der Waals surface area contributed by atoms with Crippen molar-refractivity contribution in [2.45, 2.75) is 18.4 Å². The van der Waals surface area contributed by atoms with Gasteiger partial charge in [-0.25, -0.2) is 8.42 Å². The van der Waals surface area contributed by atoms with Crippen LogP contribution in [0.2, 0.25) is 0 Å². The highest BCUT2D eigenvalue weighted by Crippen LogP contribution is 2.26. The van der Waals surface area contributed by atoms with E-state index in [4.69, 9.17) is 0 Å². The third-order valence-electron chi connectivity index (χ3n) is 2.61. The van der Waals surface area contributed by atoms with Gasteiger partial charge < -0.3 is 5.32 Å². The molecule has 0 spiro atoms. The maximum atomic E-state index is 12.3. The number of rotatable bonds is 6. The molecule has 0 atom stereocenters. The molecule has 108 valence electrons. The summed E-state index contributed by atoms with van der Waals surface area (Å²) in [5, 5.41) is 4.83. The Balaban J connectivity index is 2.18. The number of benzene rings is 1. The maximum Gasteiger partial charge on any atom is 0.262 e. The highest BCUT2D eigenvalue weighted by molar-refractivity contribution is 9.10. The van der Waals surface area contributed by atoms with Gasteiger partial charge in [-0.15, -0.1) is 11.3 Å². The number of sulfonamides is 1. The standard InChI is InChI=1S/C13H15BrN2O2S2/c1-2-15-8-10-7-11(9-19-10)20(17,18)16-13-6-4-3-5-12(13)14/h3-7,9,15-16H,2,8H2,1H3. The Morgan fingerprint density at radius 1 is 1.30 bits per heavy atom. The second-order valence-electron chi connectivity index (χ2n) is 4.11. The van der Waals surface area contributed by atoms with E-state index in [9.17, 15) is 8.42 Å². The van der Waals surface area contributed by atoms with Gasteiger partial charge in [0.15, 0.2) is 0 Å². The van der Waals surface area contributed by atoms with Crippen molar-refractivity contribution in [1.29, 1.82) is 0 Å². The van der Waals surface area contributed by atoms with Crippen LogP contribution >= 0.6 is 27.3 Å². The minimum atomic E-state index is -3.54. The molecule has 0 fully saturated rings. The van der Waals surface area contributed by atoms with Crippen LogP contribution in [0, 0.1) is 0 Å². The second kappa shape index (κ2) is 6.71. The molecule has 2 aromatic rings. The topological polar surface area (TPSA) is 58.2 Å². The van der Waals surface area contributed by atoms with Crippen molar-refractivity contribution in [3.8, 4) is 0 Å². The Bertz CT molecular complexity index is 683. The van der Waals surface area contributed by atoms with Gasteiger partial charge in [-0.3, -0.25) is 4.72 Å². The van der Waals surface area contributed by atoms with Crippen molar-refractivity contribution in [3.63, 3.8) is 0 Å². The zero-order chi connectivity index (χ0) is 14.6. The van der Waals surface area contributed by atoms with Gasteiger partial charge in [0.25, 0.3) is 10.0 Å². The van der Waals surface area contributed by atoms with Crippen molar-refractivity contribution < 1.29 is 8.42 Å². The Morgan fingerprint density at radius 3 is 2.75 bits per heavy atom. The molecule has 0 bridgehead atoms. The minimum absolute atomic E-state index is 0.297. The molecule has 0 saturated carbocycles. The lowest BCUT2D eigenvalue weighted by molar-refractivity contribution is 0.601. The molecule has 0 aliphatic carbocycles.